The Morgan fingerprint density at radius 2 is 2.03 bits per heavy atom. The molecule has 1 aliphatic rings. The lowest BCUT2D eigenvalue weighted by molar-refractivity contribution is -0.130. The van der Waals surface area contributed by atoms with Gasteiger partial charge in [0.25, 0.3) is 11.5 Å². The van der Waals surface area contributed by atoms with Gasteiger partial charge in [0.2, 0.25) is 5.91 Å². The smallest absolute Gasteiger partial charge is 0.257 e. The average Bonchev–Trinajstić information content (AvgIpc) is 3.08. The Balaban J connectivity index is 1.56. The van der Waals surface area contributed by atoms with Gasteiger partial charge in [-0.2, -0.15) is 0 Å². The maximum absolute atomic E-state index is 13.1. The molecule has 1 aromatic carbocycles. The molecule has 1 N–H and O–H groups in total. The molecule has 4 rings (SSSR count). The van der Waals surface area contributed by atoms with E-state index in [0.717, 1.165) is 5.56 Å². The van der Waals surface area contributed by atoms with Gasteiger partial charge in [0.1, 0.15) is 22.7 Å². The fourth-order valence-corrected chi connectivity index (χ4v) is 4.21. The predicted molar refractivity (Wildman–Crippen MR) is 123 cm³/mol. The number of pyridine rings is 1. The van der Waals surface area contributed by atoms with Crippen LogP contribution in [0.3, 0.4) is 0 Å². The van der Waals surface area contributed by atoms with Crippen molar-refractivity contribution in [2.45, 2.75) is 32.9 Å². The number of amides is 2. The van der Waals surface area contributed by atoms with Gasteiger partial charge in [0.15, 0.2) is 0 Å². The third-order valence-electron chi connectivity index (χ3n) is 5.80. The first-order chi connectivity index (χ1) is 16.4. The molecule has 0 bridgehead atoms. The summed E-state index contributed by atoms with van der Waals surface area (Å²) in [5.41, 5.74) is 2.39. The summed E-state index contributed by atoms with van der Waals surface area (Å²) in [7, 11) is 1.41. The number of carbonyl (C=O) groups excluding carboxylic acids is 2. The standard InChI is InChI=1S/C23H24ClN5O5/c1-14-17(27-34-26-14)13-25-23(32)22-18-6-7-28(8-9-29(18)21(31)12-19(22)33-2)20(30)11-15-4-3-5-16(24)10-15/h3-5,10,12H,6-9,11,13H2,1-2H3,(H,25,32). The molecule has 178 valence electrons. The monoisotopic (exact) mass is 485 g/mol. The maximum atomic E-state index is 13.1. The first kappa shape index (κ1) is 23.5. The number of halogens is 1. The van der Waals surface area contributed by atoms with E-state index in [0.29, 0.717) is 41.6 Å². The molecule has 2 amide bonds. The lowest BCUT2D eigenvalue weighted by Gasteiger charge is -2.20. The van der Waals surface area contributed by atoms with Gasteiger partial charge in [0, 0.05) is 42.8 Å². The third-order valence-corrected chi connectivity index (χ3v) is 6.04. The van der Waals surface area contributed by atoms with Crippen molar-refractivity contribution in [3.63, 3.8) is 0 Å². The van der Waals surface area contributed by atoms with E-state index in [9.17, 15) is 14.4 Å². The summed E-state index contributed by atoms with van der Waals surface area (Å²) in [4.78, 5) is 40.5. The number of nitrogens with one attached hydrogen (secondary N) is 1. The second-order valence-electron chi connectivity index (χ2n) is 7.94. The molecule has 0 unspecified atom stereocenters. The summed E-state index contributed by atoms with van der Waals surface area (Å²) >= 11 is 6.04. The fourth-order valence-electron chi connectivity index (χ4n) is 4.00. The Kier molecular flexibility index (Phi) is 6.97. The van der Waals surface area contributed by atoms with Gasteiger partial charge >= 0.3 is 0 Å². The topological polar surface area (TPSA) is 120 Å². The molecule has 34 heavy (non-hydrogen) atoms. The Labute approximate surface area is 200 Å². The first-order valence-corrected chi connectivity index (χ1v) is 11.1. The normalized spacial score (nSPS) is 13.2. The minimum atomic E-state index is -0.415. The zero-order chi connectivity index (χ0) is 24.2. The molecule has 0 saturated heterocycles. The van der Waals surface area contributed by atoms with Crippen molar-refractivity contribution < 1.29 is 19.0 Å². The molecule has 2 aromatic heterocycles. The molecule has 3 aromatic rings. The van der Waals surface area contributed by atoms with Gasteiger partial charge in [-0.15, -0.1) is 0 Å². The number of hydrogen-bond acceptors (Lipinski definition) is 7. The van der Waals surface area contributed by atoms with Crippen molar-refractivity contribution in [2.24, 2.45) is 0 Å². The summed E-state index contributed by atoms with van der Waals surface area (Å²) in [5.74, 6) is -0.306. The molecule has 11 heteroatoms. The van der Waals surface area contributed by atoms with Crippen LogP contribution in [-0.4, -0.2) is 51.8 Å². The molecular formula is C23H24ClN5O5. The van der Waals surface area contributed by atoms with Gasteiger partial charge in [-0.25, -0.2) is 4.63 Å². The lowest BCUT2D eigenvalue weighted by atomic mass is 10.1. The van der Waals surface area contributed by atoms with E-state index in [2.05, 4.69) is 20.3 Å². The Morgan fingerprint density at radius 3 is 2.74 bits per heavy atom. The quantitative estimate of drug-likeness (QED) is 0.565. The van der Waals surface area contributed by atoms with Crippen molar-refractivity contribution in [3.05, 3.63) is 73.9 Å². The van der Waals surface area contributed by atoms with Crippen molar-refractivity contribution >= 4 is 23.4 Å². The molecule has 0 aliphatic carbocycles. The molecule has 0 saturated carbocycles. The number of nitrogens with zero attached hydrogens (tertiary/aromatic N) is 4. The number of fused-ring (bicyclic) bond motifs is 1. The molecule has 3 heterocycles. The summed E-state index contributed by atoms with van der Waals surface area (Å²) < 4.78 is 11.6. The fraction of sp³-hybridized carbons (Fsp3) is 0.348. The zero-order valence-corrected chi connectivity index (χ0v) is 19.6. The molecule has 0 atom stereocenters. The van der Waals surface area contributed by atoms with Crippen LogP contribution in [0.15, 0.2) is 39.8 Å². The molecule has 1 aliphatic heterocycles. The number of hydrogen-bond donors (Lipinski definition) is 1. The van der Waals surface area contributed by atoms with E-state index in [4.69, 9.17) is 16.3 Å². The van der Waals surface area contributed by atoms with Crippen molar-refractivity contribution in [2.75, 3.05) is 20.2 Å². The van der Waals surface area contributed by atoms with E-state index in [-0.39, 0.29) is 42.3 Å². The lowest BCUT2D eigenvalue weighted by Crippen LogP contribution is -2.35. The van der Waals surface area contributed by atoms with Gasteiger partial charge < -0.3 is 19.5 Å². The number of aryl methyl sites for hydroxylation is 1. The zero-order valence-electron chi connectivity index (χ0n) is 18.8. The van der Waals surface area contributed by atoms with Crippen molar-refractivity contribution in [1.82, 2.24) is 25.1 Å². The van der Waals surface area contributed by atoms with Crippen LogP contribution in [0.5, 0.6) is 5.75 Å². The third kappa shape index (κ3) is 4.96. The number of methoxy groups -OCH3 is 1. The van der Waals surface area contributed by atoms with Crippen LogP contribution in [0, 0.1) is 6.92 Å². The van der Waals surface area contributed by atoms with Crippen LogP contribution in [0.1, 0.15) is 33.0 Å². The van der Waals surface area contributed by atoms with Gasteiger partial charge in [-0.1, -0.05) is 34.0 Å². The molecule has 0 radical (unpaired) electrons. The average molecular weight is 486 g/mol. The number of aromatic nitrogens is 3. The molecular weight excluding hydrogens is 462 g/mol. The van der Waals surface area contributed by atoms with E-state index >= 15 is 0 Å². The van der Waals surface area contributed by atoms with E-state index in [1.165, 1.54) is 17.7 Å². The van der Waals surface area contributed by atoms with Crippen LogP contribution in [-0.2, 0) is 30.7 Å². The van der Waals surface area contributed by atoms with Gasteiger partial charge in [0.05, 0.1) is 20.1 Å². The second-order valence-corrected chi connectivity index (χ2v) is 8.38. The summed E-state index contributed by atoms with van der Waals surface area (Å²) in [6.45, 7) is 2.82. The number of ether oxygens (including phenoxy) is 1. The van der Waals surface area contributed by atoms with E-state index in [1.54, 1.807) is 30.0 Å². The second kappa shape index (κ2) is 10.1. The van der Waals surface area contributed by atoms with E-state index < -0.39 is 5.91 Å². The molecule has 0 spiro atoms. The van der Waals surface area contributed by atoms with Crippen molar-refractivity contribution in [3.8, 4) is 5.75 Å². The highest BCUT2D eigenvalue weighted by molar-refractivity contribution is 6.30. The highest BCUT2D eigenvalue weighted by Crippen LogP contribution is 2.23. The minimum Gasteiger partial charge on any atom is -0.496 e. The highest BCUT2D eigenvalue weighted by atomic mass is 35.5. The highest BCUT2D eigenvalue weighted by Gasteiger charge is 2.27. The van der Waals surface area contributed by atoms with Gasteiger partial charge in [-0.3, -0.25) is 14.4 Å². The van der Waals surface area contributed by atoms with Crippen LogP contribution < -0.4 is 15.6 Å². The summed E-state index contributed by atoms with van der Waals surface area (Å²) in [6, 6.07) is 8.46. The Hall–Kier alpha value is -3.66. The number of carbonyl (C=O) groups is 2. The summed E-state index contributed by atoms with van der Waals surface area (Å²) in [5, 5.41) is 10.8. The van der Waals surface area contributed by atoms with Crippen LogP contribution in [0.25, 0.3) is 0 Å². The van der Waals surface area contributed by atoms with Crippen molar-refractivity contribution in [1.29, 1.82) is 0 Å². The Morgan fingerprint density at radius 1 is 1.21 bits per heavy atom. The predicted octanol–water partition coefficient (Wildman–Crippen LogP) is 1.76. The molecule has 0 fully saturated rings. The van der Waals surface area contributed by atoms with Crippen LogP contribution in [0.4, 0.5) is 0 Å². The largest absolute Gasteiger partial charge is 0.496 e. The maximum Gasteiger partial charge on any atom is 0.257 e. The first-order valence-electron chi connectivity index (χ1n) is 10.8. The van der Waals surface area contributed by atoms with Crippen LogP contribution >= 0.6 is 11.6 Å². The minimum absolute atomic E-state index is 0.0740. The SMILES string of the molecule is COc1cc(=O)n2c(c1C(=O)NCc1nonc1C)CCN(C(=O)Cc1cccc(Cl)c1)CC2. The molecule has 10 nitrogen and oxygen atoms in total. The van der Waals surface area contributed by atoms with E-state index in [1.807, 2.05) is 6.07 Å². The Bertz CT molecular complexity index is 1280. The van der Waals surface area contributed by atoms with Gasteiger partial charge in [-0.05, 0) is 24.6 Å². The number of benzene rings is 1. The number of rotatable bonds is 6. The summed E-state index contributed by atoms with van der Waals surface area (Å²) in [6.07, 6.45) is 0.522. The van der Waals surface area contributed by atoms with Crippen LogP contribution in [0.2, 0.25) is 5.02 Å².